The monoisotopic (exact) mass is 390 g/mol. The van der Waals surface area contributed by atoms with Crippen molar-refractivity contribution < 1.29 is 9.15 Å². The minimum Gasteiger partial charge on any atom is -0.497 e. The number of para-hydroxylation sites is 1. The van der Waals surface area contributed by atoms with Gasteiger partial charge >= 0.3 is 0 Å². The maximum atomic E-state index is 12.7. The van der Waals surface area contributed by atoms with E-state index in [1.807, 2.05) is 36.4 Å². The van der Waals surface area contributed by atoms with Crippen molar-refractivity contribution in [1.82, 2.24) is 14.8 Å². The number of fused-ring (bicyclic) bond motifs is 2. The van der Waals surface area contributed by atoms with Crippen LogP contribution in [-0.4, -0.2) is 21.9 Å². The summed E-state index contributed by atoms with van der Waals surface area (Å²) in [7, 11) is 1.60. The molecule has 0 spiro atoms. The molecule has 0 aliphatic heterocycles. The van der Waals surface area contributed by atoms with Crippen LogP contribution in [-0.2, 0) is 0 Å². The second-order valence-electron chi connectivity index (χ2n) is 6.14. The maximum Gasteiger partial charge on any atom is 0.238 e. The molecular weight excluding hydrogens is 376 g/mol. The van der Waals surface area contributed by atoms with Crippen LogP contribution in [0.15, 0.2) is 63.8 Å². The number of ether oxygens (including phenoxy) is 1. The largest absolute Gasteiger partial charge is 0.497 e. The number of nitrogen functional groups attached to an aromatic ring is 1. The highest BCUT2D eigenvalue weighted by molar-refractivity contribution is 7.20. The Labute approximate surface area is 162 Å². The van der Waals surface area contributed by atoms with Crippen molar-refractivity contribution in [1.29, 1.82) is 0 Å². The number of hydrogen-bond acceptors (Lipinski definition) is 7. The lowest BCUT2D eigenvalue weighted by Crippen LogP contribution is -2.02. The van der Waals surface area contributed by atoms with Crippen molar-refractivity contribution in [2.75, 3.05) is 12.8 Å². The molecule has 8 heteroatoms. The average Bonchev–Trinajstić information content (AvgIpc) is 3.29. The number of anilines is 1. The van der Waals surface area contributed by atoms with E-state index in [4.69, 9.17) is 14.9 Å². The van der Waals surface area contributed by atoms with Gasteiger partial charge in [0.15, 0.2) is 11.2 Å². The lowest BCUT2D eigenvalue weighted by Gasteiger charge is -2.04. The molecule has 2 N–H and O–H groups in total. The van der Waals surface area contributed by atoms with Gasteiger partial charge in [-0.25, -0.2) is 4.98 Å². The normalized spacial score (nSPS) is 11.3. The number of nitrogens with two attached hydrogens (primary N) is 1. The zero-order chi connectivity index (χ0) is 19.3. The lowest BCUT2D eigenvalue weighted by molar-refractivity contribution is 0.415. The molecule has 0 atom stereocenters. The molecular formula is C20H14N4O3S. The number of nitrogens with zero attached hydrogens (tertiary/aromatic N) is 3. The fourth-order valence-electron chi connectivity index (χ4n) is 3.05. The van der Waals surface area contributed by atoms with Crippen molar-refractivity contribution in [3.8, 4) is 22.2 Å². The minimum atomic E-state index is -0.253. The van der Waals surface area contributed by atoms with Gasteiger partial charge in [-0.3, -0.25) is 4.79 Å². The standard InChI is InChI=1S/C20H14N4O3S/c1-26-12-8-6-11(7-9-12)15-10-14(25)17-18(21)23-24(19(17)27-15)20-22-13-4-2-3-5-16(13)28-20/h2-10H,1H3,(H2,21,23). The van der Waals surface area contributed by atoms with Crippen LogP contribution < -0.4 is 15.9 Å². The Kier molecular flexibility index (Phi) is 3.66. The van der Waals surface area contributed by atoms with Crippen molar-refractivity contribution in [2.45, 2.75) is 0 Å². The quantitative estimate of drug-likeness (QED) is 0.503. The highest BCUT2D eigenvalue weighted by Crippen LogP contribution is 2.30. The van der Waals surface area contributed by atoms with E-state index in [1.54, 1.807) is 19.2 Å². The van der Waals surface area contributed by atoms with E-state index in [0.29, 0.717) is 10.9 Å². The molecule has 5 aromatic rings. The second kappa shape index (κ2) is 6.21. The average molecular weight is 390 g/mol. The van der Waals surface area contributed by atoms with Gasteiger partial charge in [0.1, 0.15) is 16.9 Å². The van der Waals surface area contributed by atoms with Gasteiger partial charge in [0, 0.05) is 11.6 Å². The summed E-state index contributed by atoms with van der Waals surface area (Å²) in [6.07, 6.45) is 0. The van der Waals surface area contributed by atoms with E-state index in [-0.39, 0.29) is 22.3 Å². The molecule has 0 fully saturated rings. The van der Waals surface area contributed by atoms with Gasteiger partial charge in [0.25, 0.3) is 0 Å². The first-order chi connectivity index (χ1) is 13.6. The molecule has 0 bridgehead atoms. The molecule has 0 saturated heterocycles. The van der Waals surface area contributed by atoms with Crippen LogP contribution in [0, 0.1) is 0 Å². The zero-order valence-electron chi connectivity index (χ0n) is 14.7. The van der Waals surface area contributed by atoms with E-state index in [9.17, 15) is 4.79 Å². The number of methoxy groups -OCH3 is 1. The van der Waals surface area contributed by atoms with Crippen LogP contribution in [0.25, 0.3) is 37.8 Å². The van der Waals surface area contributed by atoms with Crippen molar-refractivity contribution in [3.63, 3.8) is 0 Å². The summed E-state index contributed by atoms with van der Waals surface area (Å²) in [6, 6.07) is 16.4. The second-order valence-corrected chi connectivity index (χ2v) is 7.15. The summed E-state index contributed by atoms with van der Waals surface area (Å²) < 4.78 is 13.7. The summed E-state index contributed by atoms with van der Waals surface area (Å²) in [4.78, 5) is 17.3. The van der Waals surface area contributed by atoms with Crippen molar-refractivity contribution >= 4 is 38.5 Å². The number of thiazole rings is 1. The van der Waals surface area contributed by atoms with Crippen LogP contribution in [0.5, 0.6) is 5.75 Å². The van der Waals surface area contributed by atoms with Crippen molar-refractivity contribution in [2.24, 2.45) is 0 Å². The molecule has 3 aromatic heterocycles. The Morgan fingerprint density at radius 2 is 1.93 bits per heavy atom. The third-order valence-electron chi connectivity index (χ3n) is 4.42. The fourth-order valence-corrected chi connectivity index (χ4v) is 3.96. The molecule has 28 heavy (non-hydrogen) atoms. The molecule has 138 valence electrons. The van der Waals surface area contributed by atoms with Gasteiger partial charge in [0.2, 0.25) is 10.8 Å². The first-order valence-corrected chi connectivity index (χ1v) is 9.28. The number of rotatable bonds is 3. The molecule has 0 aliphatic rings. The minimum absolute atomic E-state index is 0.115. The number of aromatic nitrogens is 3. The predicted octanol–water partition coefficient (Wildman–Crippen LogP) is 3.85. The Hall–Kier alpha value is -3.65. The third kappa shape index (κ3) is 2.54. The number of benzene rings is 2. The molecule has 2 aromatic carbocycles. The Morgan fingerprint density at radius 1 is 1.14 bits per heavy atom. The first-order valence-electron chi connectivity index (χ1n) is 8.47. The van der Waals surface area contributed by atoms with E-state index in [1.165, 1.54) is 22.1 Å². The zero-order valence-corrected chi connectivity index (χ0v) is 15.6. The third-order valence-corrected chi connectivity index (χ3v) is 5.44. The summed E-state index contributed by atoms with van der Waals surface area (Å²) in [5.41, 5.74) is 7.62. The Bertz CT molecular complexity index is 1350. The van der Waals surface area contributed by atoms with Gasteiger partial charge in [-0.2, -0.15) is 4.68 Å². The summed E-state index contributed by atoms with van der Waals surface area (Å²) in [5, 5.41) is 5.14. The van der Waals surface area contributed by atoms with Crippen LogP contribution in [0.3, 0.4) is 0 Å². The molecule has 0 saturated carbocycles. The molecule has 0 aliphatic carbocycles. The Morgan fingerprint density at radius 3 is 2.68 bits per heavy atom. The van der Waals surface area contributed by atoms with E-state index in [0.717, 1.165) is 21.5 Å². The topological polar surface area (TPSA) is 96.2 Å². The predicted molar refractivity (Wildman–Crippen MR) is 109 cm³/mol. The summed E-state index contributed by atoms with van der Waals surface area (Å²) in [5.74, 6) is 1.25. The molecule has 3 heterocycles. The lowest BCUT2D eigenvalue weighted by atomic mass is 10.1. The van der Waals surface area contributed by atoms with Gasteiger partial charge in [-0.15, -0.1) is 5.10 Å². The van der Waals surface area contributed by atoms with Crippen LogP contribution in [0.4, 0.5) is 5.82 Å². The molecule has 0 radical (unpaired) electrons. The highest BCUT2D eigenvalue weighted by Gasteiger charge is 2.19. The van der Waals surface area contributed by atoms with Gasteiger partial charge < -0.3 is 14.9 Å². The van der Waals surface area contributed by atoms with Crippen LogP contribution in [0.2, 0.25) is 0 Å². The molecule has 0 unspecified atom stereocenters. The van der Waals surface area contributed by atoms with Crippen LogP contribution >= 0.6 is 11.3 Å². The summed E-state index contributed by atoms with van der Waals surface area (Å²) >= 11 is 1.45. The van der Waals surface area contributed by atoms with E-state index in [2.05, 4.69) is 10.1 Å². The highest BCUT2D eigenvalue weighted by atomic mass is 32.1. The molecule has 7 nitrogen and oxygen atoms in total. The Balaban J connectivity index is 1.73. The maximum absolute atomic E-state index is 12.7. The van der Waals surface area contributed by atoms with E-state index >= 15 is 0 Å². The number of hydrogen-bond donors (Lipinski definition) is 1. The SMILES string of the molecule is COc1ccc(-c2cc(=O)c3c(N)nn(-c4nc5ccccc5s4)c3o2)cc1. The van der Waals surface area contributed by atoms with Gasteiger partial charge in [-0.1, -0.05) is 23.5 Å². The molecule has 5 rings (SSSR count). The summed E-state index contributed by atoms with van der Waals surface area (Å²) in [6.45, 7) is 0. The van der Waals surface area contributed by atoms with E-state index < -0.39 is 0 Å². The van der Waals surface area contributed by atoms with Gasteiger partial charge in [-0.05, 0) is 36.4 Å². The van der Waals surface area contributed by atoms with Gasteiger partial charge in [0.05, 0.1) is 17.3 Å². The first kappa shape index (κ1) is 16.5. The smallest absolute Gasteiger partial charge is 0.238 e. The van der Waals surface area contributed by atoms with Crippen molar-refractivity contribution in [3.05, 3.63) is 64.8 Å². The van der Waals surface area contributed by atoms with Crippen LogP contribution in [0.1, 0.15) is 0 Å². The molecule has 0 amide bonds. The fraction of sp³-hybridized carbons (Fsp3) is 0.0500.